The van der Waals surface area contributed by atoms with E-state index in [-0.39, 0.29) is 18.9 Å². The van der Waals surface area contributed by atoms with Crippen molar-refractivity contribution in [3.63, 3.8) is 0 Å². The van der Waals surface area contributed by atoms with Crippen LogP contribution in [0.15, 0.2) is 30.3 Å². The fourth-order valence-electron chi connectivity index (χ4n) is 3.73. The molecule has 1 heterocycles. The van der Waals surface area contributed by atoms with E-state index < -0.39 is 41.3 Å². The Balaban J connectivity index is 2.44. The summed E-state index contributed by atoms with van der Waals surface area (Å²) in [6.07, 6.45) is 0.0760. The molecule has 0 radical (unpaired) electrons. The molecule has 0 saturated carbocycles. The van der Waals surface area contributed by atoms with Crippen molar-refractivity contribution in [3.8, 4) is 0 Å². The highest BCUT2D eigenvalue weighted by atomic mass is 16.6. The molecule has 7 heteroatoms. The van der Waals surface area contributed by atoms with Crippen LogP contribution in [0.4, 0.5) is 4.79 Å². The molecule has 31 heavy (non-hydrogen) atoms. The van der Waals surface area contributed by atoms with Gasteiger partial charge in [-0.3, -0.25) is 4.90 Å². The van der Waals surface area contributed by atoms with Gasteiger partial charge in [0.1, 0.15) is 23.3 Å². The SMILES string of the molecule is CCOC(=O)[C@@H]1C(Cc2ccccc2)C[C@@H](C(=O)OC(C)(C)C)N1C(=O)OC(C)(C)C. The first-order valence-corrected chi connectivity index (χ1v) is 10.8. The Bertz CT molecular complexity index is 777. The maximum absolute atomic E-state index is 13.1. The lowest BCUT2D eigenvalue weighted by molar-refractivity contribution is -0.161. The van der Waals surface area contributed by atoms with Crippen molar-refractivity contribution in [3.05, 3.63) is 35.9 Å². The molecule has 0 spiro atoms. The molecule has 0 aliphatic carbocycles. The smallest absolute Gasteiger partial charge is 0.411 e. The zero-order valence-corrected chi connectivity index (χ0v) is 19.6. The third-order valence-electron chi connectivity index (χ3n) is 4.76. The number of ether oxygens (including phenoxy) is 3. The van der Waals surface area contributed by atoms with Crippen molar-refractivity contribution in [2.24, 2.45) is 5.92 Å². The van der Waals surface area contributed by atoms with Crippen LogP contribution in [0.5, 0.6) is 0 Å². The van der Waals surface area contributed by atoms with E-state index in [1.165, 1.54) is 4.90 Å². The average Bonchev–Trinajstić information content (AvgIpc) is 2.99. The van der Waals surface area contributed by atoms with Gasteiger partial charge in [0.15, 0.2) is 0 Å². The molecule has 1 aromatic rings. The highest BCUT2D eigenvalue weighted by Gasteiger charge is 2.53. The van der Waals surface area contributed by atoms with E-state index in [0.29, 0.717) is 6.42 Å². The molecular formula is C24H35NO6. The highest BCUT2D eigenvalue weighted by Crippen LogP contribution is 2.36. The molecule has 1 aliphatic rings. The van der Waals surface area contributed by atoms with Crippen LogP contribution in [0.2, 0.25) is 0 Å². The van der Waals surface area contributed by atoms with Crippen molar-refractivity contribution in [1.82, 2.24) is 4.90 Å². The van der Waals surface area contributed by atoms with E-state index in [2.05, 4.69) is 0 Å². The van der Waals surface area contributed by atoms with Crippen LogP contribution in [0.1, 0.15) is 60.5 Å². The Labute approximate surface area is 185 Å². The lowest BCUT2D eigenvalue weighted by Crippen LogP contribution is -2.52. The summed E-state index contributed by atoms with van der Waals surface area (Å²) in [5.41, 5.74) is -0.504. The van der Waals surface area contributed by atoms with Gasteiger partial charge in [0.05, 0.1) is 6.61 Å². The van der Waals surface area contributed by atoms with Gasteiger partial charge in [-0.2, -0.15) is 0 Å². The molecular weight excluding hydrogens is 398 g/mol. The van der Waals surface area contributed by atoms with Gasteiger partial charge in [-0.15, -0.1) is 0 Å². The van der Waals surface area contributed by atoms with Crippen molar-refractivity contribution < 1.29 is 28.6 Å². The monoisotopic (exact) mass is 433 g/mol. The van der Waals surface area contributed by atoms with Crippen molar-refractivity contribution >= 4 is 18.0 Å². The molecule has 1 saturated heterocycles. The molecule has 1 aromatic carbocycles. The summed E-state index contributed by atoms with van der Waals surface area (Å²) in [6, 6.07) is 7.80. The Morgan fingerprint density at radius 3 is 2.03 bits per heavy atom. The lowest BCUT2D eigenvalue weighted by atomic mass is 9.91. The van der Waals surface area contributed by atoms with Gasteiger partial charge in [0, 0.05) is 0 Å². The van der Waals surface area contributed by atoms with Crippen LogP contribution in [-0.4, -0.2) is 52.8 Å². The first-order valence-electron chi connectivity index (χ1n) is 10.8. The summed E-state index contributed by atoms with van der Waals surface area (Å²) >= 11 is 0. The molecule has 0 bridgehead atoms. The van der Waals surface area contributed by atoms with Gasteiger partial charge in [-0.25, -0.2) is 14.4 Å². The maximum atomic E-state index is 13.1. The van der Waals surface area contributed by atoms with Gasteiger partial charge in [-0.1, -0.05) is 30.3 Å². The van der Waals surface area contributed by atoms with Crippen LogP contribution in [0.25, 0.3) is 0 Å². The van der Waals surface area contributed by atoms with Gasteiger partial charge < -0.3 is 14.2 Å². The van der Waals surface area contributed by atoms with Crippen molar-refractivity contribution in [2.75, 3.05) is 6.61 Å². The zero-order valence-electron chi connectivity index (χ0n) is 19.6. The predicted octanol–water partition coefficient (Wildman–Crippen LogP) is 4.13. The number of carbonyl (C=O) groups excluding carboxylic acids is 3. The first-order chi connectivity index (χ1) is 14.3. The molecule has 0 aromatic heterocycles. The van der Waals surface area contributed by atoms with Crippen LogP contribution in [0, 0.1) is 5.92 Å². The minimum Gasteiger partial charge on any atom is -0.464 e. The molecule has 1 amide bonds. The minimum absolute atomic E-state index is 0.173. The number of rotatable bonds is 5. The molecule has 2 rings (SSSR count). The number of nitrogens with zero attached hydrogens (tertiary/aromatic N) is 1. The largest absolute Gasteiger partial charge is 0.464 e. The van der Waals surface area contributed by atoms with Crippen LogP contribution in [-0.2, 0) is 30.2 Å². The summed E-state index contributed by atoms with van der Waals surface area (Å²) in [4.78, 5) is 40.4. The normalized spacial score (nSPS) is 21.5. The third-order valence-corrected chi connectivity index (χ3v) is 4.76. The highest BCUT2D eigenvalue weighted by molar-refractivity contribution is 5.89. The maximum Gasteiger partial charge on any atom is 0.411 e. The zero-order chi connectivity index (χ0) is 23.4. The minimum atomic E-state index is -0.937. The van der Waals surface area contributed by atoms with E-state index >= 15 is 0 Å². The lowest BCUT2D eigenvalue weighted by Gasteiger charge is -2.32. The number of likely N-dealkylation sites (tertiary alicyclic amines) is 1. The number of hydrogen-bond donors (Lipinski definition) is 0. The Hall–Kier alpha value is -2.57. The predicted molar refractivity (Wildman–Crippen MR) is 116 cm³/mol. The van der Waals surface area contributed by atoms with Crippen LogP contribution in [0.3, 0.4) is 0 Å². The Kier molecular flexibility index (Phi) is 7.73. The quantitative estimate of drug-likeness (QED) is 0.513. The molecule has 1 unspecified atom stereocenters. The second kappa shape index (κ2) is 9.71. The third kappa shape index (κ3) is 6.97. The summed E-state index contributed by atoms with van der Waals surface area (Å²) in [5.74, 6) is -1.41. The molecule has 3 atom stereocenters. The molecule has 0 N–H and O–H groups in total. The second-order valence-corrected chi connectivity index (χ2v) is 9.82. The summed E-state index contributed by atoms with van der Waals surface area (Å²) in [5, 5.41) is 0. The number of amides is 1. The van der Waals surface area contributed by atoms with Gasteiger partial charge in [0.25, 0.3) is 0 Å². The number of esters is 2. The first kappa shape index (κ1) is 24.7. The summed E-state index contributed by atoms with van der Waals surface area (Å²) in [7, 11) is 0. The Morgan fingerprint density at radius 1 is 0.935 bits per heavy atom. The standard InChI is InChI=1S/C24H35NO6/c1-8-29-21(27)19-17(14-16-12-10-9-11-13-16)15-18(20(26)30-23(2,3)4)25(19)22(28)31-24(5,6)7/h9-13,17-19H,8,14-15H2,1-7H3/t17?,18-,19-/m0/s1. The molecule has 1 fully saturated rings. The summed E-state index contributed by atoms with van der Waals surface area (Å²) in [6.45, 7) is 12.4. The molecule has 7 nitrogen and oxygen atoms in total. The van der Waals surface area contributed by atoms with E-state index in [9.17, 15) is 14.4 Å². The summed E-state index contributed by atoms with van der Waals surface area (Å²) < 4.78 is 16.4. The van der Waals surface area contributed by atoms with E-state index in [1.54, 1.807) is 48.5 Å². The van der Waals surface area contributed by atoms with E-state index in [0.717, 1.165) is 5.56 Å². The second-order valence-electron chi connectivity index (χ2n) is 9.82. The number of benzene rings is 1. The van der Waals surface area contributed by atoms with Gasteiger partial charge in [0.2, 0.25) is 0 Å². The fourth-order valence-corrected chi connectivity index (χ4v) is 3.73. The van der Waals surface area contributed by atoms with E-state index in [1.807, 2.05) is 30.3 Å². The van der Waals surface area contributed by atoms with Crippen LogP contribution < -0.4 is 0 Å². The number of hydrogen-bond acceptors (Lipinski definition) is 6. The van der Waals surface area contributed by atoms with Gasteiger partial charge in [-0.05, 0) is 72.8 Å². The number of carbonyl (C=O) groups is 3. The molecule has 1 aliphatic heterocycles. The average molecular weight is 434 g/mol. The fraction of sp³-hybridized carbons (Fsp3) is 0.625. The van der Waals surface area contributed by atoms with Crippen molar-refractivity contribution in [2.45, 2.75) is 84.6 Å². The Morgan fingerprint density at radius 2 is 1.52 bits per heavy atom. The topological polar surface area (TPSA) is 82.1 Å². The van der Waals surface area contributed by atoms with E-state index in [4.69, 9.17) is 14.2 Å². The van der Waals surface area contributed by atoms with Crippen LogP contribution >= 0.6 is 0 Å². The molecule has 172 valence electrons. The van der Waals surface area contributed by atoms with Gasteiger partial charge >= 0.3 is 18.0 Å². The van der Waals surface area contributed by atoms with Crippen molar-refractivity contribution in [1.29, 1.82) is 0 Å².